The van der Waals surface area contributed by atoms with E-state index in [2.05, 4.69) is 15.9 Å². The molecule has 74 valence electrons. The van der Waals surface area contributed by atoms with Crippen LogP contribution in [0.1, 0.15) is 31.9 Å². The first kappa shape index (κ1) is 11.2. The average Bonchev–Trinajstić information content (AvgIpc) is 2.30. The molecule has 1 heterocycles. The van der Waals surface area contributed by atoms with Gasteiger partial charge >= 0.3 is 0 Å². The molecular formula is C9H14BrNOS. The Kier molecular flexibility index (Phi) is 3.51. The molecule has 4 heteroatoms. The molecule has 13 heavy (non-hydrogen) atoms. The molecule has 0 fully saturated rings. The minimum atomic E-state index is -0.472. The summed E-state index contributed by atoms with van der Waals surface area (Å²) in [6.07, 6.45) is 0.100. The van der Waals surface area contributed by atoms with Crippen molar-refractivity contribution >= 4 is 27.3 Å². The first-order valence-electron chi connectivity index (χ1n) is 4.09. The Labute approximate surface area is 90.9 Å². The summed E-state index contributed by atoms with van der Waals surface area (Å²) in [6.45, 7) is 3.83. The molecule has 0 spiro atoms. The summed E-state index contributed by atoms with van der Waals surface area (Å²) >= 11 is 4.96. The van der Waals surface area contributed by atoms with Crippen molar-refractivity contribution in [1.29, 1.82) is 0 Å². The highest BCUT2D eigenvalue weighted by Crippen LogP contribution is 2.31. The van der Waals surface area contributed by atoms with Crippen molar-refractivity contribution in [3.63, 3.8) is 0 Å². The van der Waals surface area contributed by atoms with Crippen molar-refractivity contribution < 1.29 is 5.11 Å². The Bertz CT molecular complexity index is 279. The molecule has 0 bridgehead atoms. The third kappa shape index (κ3) is 3.38. The highest BCUT2D eigenvalue weighted by atomic mass is 79.9. The zero-order valence-corrected chi connectivity index (χ0v) is 10.2. The van der Waals surface area contributed by atoms with E-state index < -0.39 is 6.10 Å². The van der Waals surface area contributed by atoms with Gasteiger partial charge in [-0.2, -0.15) is 11.3 Å². The van der Waals surface area contributed by atoms with Gasteiger partial charge in [0.15, 0.2) is 0 Å². The number of thiophene rings is 1. The van der Waals surface area contributed by atoms with Gasteiger partial charge in [0.25, 0.3) is 0 Å². The molecule has 1 aromatic rings. The molecule has 1 unspecified atom stereocenters. The Morgan fingerprint density at radius 2 is 2.23 bits per heavy atom. The smallest absolute Gasteiger partial charge is 0.0826 e. The number of halogens is 1. The third-order valence-corrected chi connectivity index (χ3v) is 3.47. The summed E-state index contributed by atoms with van der Waals surface area (Å²) in [6, 6.07) is 0. The molecule has 1 rings (SSSR count). The highest BCUT2D eigenvalue weighted by molar-refractivity contribution is 9.10. The average molecular weight is 264 g/mol. The van der Waals surface area contributed by atoms with Crippen molar-refractivity contribution in [2.45, 2.75) is 31.9 Å². The van der Waals surface area contributed by atoms with Crippen molar-refractivity contribution in [2.75, 3.05) is 0 Å². The highest BCUT2D eigenvalue weighted by Gasteiger charge is 2.20. The Hall–Kier alpha value is 0.100. The Morgan fingerprint density at radius 1 is 1.62 bits per heavy atom. The van der Waals surface area contributed by atoms with Crippen LogP contribution in [0.15, 0.2) is 15.2 Å². The van der Waals surface area contributed by atoms with E-state index in [0.29, 0.717) is 6.42 Å². The monoisotopic (exact) mass is 263 g/mol. The predicted octanol–water partition coefficient (Wildman–Crippen LogP) is 2.67. The normalized spacial score (nSPS) is 14.5. The van der Waals surface area contributed by atoms with Crippen molar-refractivity contribution in [3.05, 3.63) is 20.8 Å². The molecule has 0 saturated heterocycles. The lowest BCUT2D eigenvalue weighted by Gasteiger charge is -2.22. The van der Waals surface area contributed by atoms with Crippen molar-refractivity contribution in [3.8, 4) is 0 Å². The minimum absolute atomic E-state index is 0.333. The van der Waals surface area contributed by atoms with Crippen LogP contribution in [0.2, 0.25) is 0 Å². The van der Waals surface area contributed by atoms with Crippen molar-refractivity contribution in [1.82, 2.24) is 0 Å². The number of hydrogen-bond acceptors (Lipinski definition) is 3. The lowest BCUT2D eigenvalue weighted by Crippen LogP contribution is -2.33. The Morgan fingerprint density at radius 3 is 2.62 bits per heavy atom. The number of aliphatic hydroxyl groups excluding tert-OH is 1. The molecule has 0 amide bonds. The fourth-order valence-corrected chi connectivity index (χ4v) is 2.75. The molecule has 2 nitrogen and oxygen atoms in total. The van der Waals surface area contributed by atoms with Gasteiger partial charge in [0, 0.05) is 21.0 Å². The quantitative estimate of drug-likeness (QED) is 0.881. The van der Waals surface area contributed by atoms with E-state index >= 15 is 0 Å². The van der Waals surface area contributed by atoms with Crippen LogP contribution in [-0.4, -0.2) is 10.6 Å². The summed E-state index contributed by atoms with van der Waals surface area (Å²) in [5, 5.41) is 13.7. The Balaban J connectivity index is 2.69. The standard InChI is InChI=1S/C9H14BrNOS/c1-9(2,11)3-8(12)6-4-13-5-7(6)10/h4-5,8,12H,3,11H2,1-2H3. The van der Waals surface area contributed by atoms with Gasteiger partial charge in [-0.3, -0.25) is 0 Å². The van der Waals surface area contributed by atoms with Crippen molar-refractivity contribution in [2.24, 2.45) is 5.73 Å². The molecule has 0 aliphatic heterocycles. The van der Waals surface area contributed by atoms with Gasteiger partial charge in [0.1, 0.15) is 0 Å². The second-order valence-electron chi connectivity index (χ2n) is 3.88. The zero-order valence-electron chi connectivity index (χ0n) is 7.75. The summed E-state index contributed by atoms with van der Waals surface area (Å²) < 4.78 is 0.967. The SMILES string of the molecule is CC(C)(N)CC(O)c1cscc1Br. The van der Waals surface area contributed by atoms with Gasteiger partial charge in [-0.25, -0.2) is 0 Å². The molecule has 0 aliphatic rings. The molecule has 1 atom stereocenters. The van der Waals surface area contributed by atoms with E-state index in [1.807, 2.05) is 24.6 Å². The number of aliphatic hydroxyl groups is 1. The van der Waals surface area contributed by atoms with E-state index in [4.69, 9.17) is 5.73 Å². The van der Waals surface area contributed by atoms with Crippen LogP contribution < -0.4 is 5.73 Å². The summed E-state index contributed by atoms with van der Waals surface area (Å²) in [7, 11) is 0. The molecule has 0 radical (unpaired) electrons. The summed E-state index contributed by atoms with van der Waals surface area (Å²) in [4.78, 5) is 0. The lowest BCUT2D eigenvalue weighted by molar-refractivity contribution is 0.142. The maximum atomic E-state index is 9.82. The number of rotatable bonds is 3. The van der Waals surface area contributed by atoms with E-state index in [0.717, 1.165) is 10.0 Å². The number of hydrogen-bond donors (Lipinski definition) is 2. The molecular weight excluding hydrogens is 250 g/mol. The van der Waals surface area contributed by atoms with E-state index in [1.165, 1.54) is 0 Å². The van der Waals surface area contributed by atoms with Crippen LogP contribution in [0, 0.1) is 0 Å². The fourth-order valence-electron chi connectivity index (χ4n) is 1.14. The predicted molar refractivity (Wildman–Crippen MR) is 59.9 cm³/mol. The zero-order chi connectivity index (χ0) is 10.1. The second-order valence-corrected chi connectivity index (χ2v) is 5.48. The topological polar surface area (TPSA) is 46.2 Å². The van der Waals surface area contributed by atoms with Crippen LogP contribution in [0.3, 0.4) is 0 Å². The van der Waals surface area contributed by atoms with Crippen LogP contribution in [0.25, 0.3) is 0 Å². The van der Waals surface area contributed by atoms with Gasteiger partial charge in [-0.05, 0) is 41.6 Å². The van der Waals surface area contributed by atoms with E-state index in [-0.39, 0.29) is 5.54 Å². The van der Waals surface area contributed by atoms with Gasteiger partial charge < -0.3 is 10.8 Å². The van der Waals surface area contributed by atoms with Crippen LogP contribution in [0.4, 0.5) is 0 Å². The van der Waals surface area contributed by atoms with Gasteiger partial charge in [-0.15, -0.1) is 0 Å². The third-order valence-electron chi connectivity index (χ3n) is 1.72. The minimum Gasteiger partial charge on any atom is -0.388 e. The fraction of sp³-hybridized carbons (Fsp3) is 0.556. The van der Waals surface area contributed by atoms with Crippen LogP contribution >= 0.6 is 27.3 Å². The molecule has 0 aromatic carbocycles. The van der Waals surface area contributed by atoms with Gasteiger partial charge in [0.2, 0.25) is 0 Å². The maximum Gasteiger partial charge on any atom is 0.0826 e. The summed E-state index contributed by atoms with van der Waals surface area (Å²) in [5.41, 5.74) is 6.42. The summed E-state index contributed by atoms with van der Waals surface area (Å²) in [5.74, 6) is 0. The largest absolute Gasteiger partial charge is 0.388 e. The van der Waals surface area contributed by atoms with Gasteiger partial charge in [0.05, 0.1) is 6.10 Å². The van der Waals surface area contributed by atoms with Crippen LogP contribution in [0.5, 0.6) is 0 Å². The number of nitrogens with two attached hydrogens (primary N) is 1. The van der Waals surface area contributed by atoms with Crippen LogP contribution in [-0.2, 0) is 0 Å². The second kappa shape index (κ2) is 4.09. The molecule has 3 N–H and O–H groups in total. The maximum absolute atomic E-state index is 9.82. The lowest BCUT2D eigenvalue weighted by atomic mass is 9.95. The van der Waals surface area contributed by atoms with E-state index in [1.54, 1.807) is 11.3 Å². The molecule has 1 aromatic heterocycles. The van der Waals surface area contributed by atoms with Gasteiger partial charge in [-0.1, -0.05) is 0 Å². The first-order chi connectivity index (χ1) is 5.90. The first-order valence-corrected chi connectivity index (χ1v) is 5.82. The molecule has 0 aliphatic carbocycles. The van der Waals surface area contributed by atoms with E-state index in [9.17, 15) is 5.11 Å². The molecule has 0 saturated carbocycles.